The number of hydrogen-bond acceptors (Lipinski definition) is 6. The van der Waals surface area contributed by atoms with Crippen molar-refractivity contribution in [2.45, 2.75) is 219 Å². The molecule has 0 saturated carbocycles. The van der Waals surface area contributed by atoms with Crippen molar-refractivity contribution in [3.8, 4) is 0 Å². The quantitative estimate of drug-likeness (QED) is 0.0272. The van der Waals surface area contributed by atoms with E-state index in [1.807, 2.05) is 27.2 Å². The van der Waals surface area contributed by atoms with Gasteiger partial charge in [-0.25, -0.2) is 0 Å². The molecule has 9 heteroatoms. The van der Waals surface area contributed by atoms with Gasteiger partial charge < -0.3 is 28.8 Å². The van der Waals surface area contributed by atoms with Crippen LogP contribution < -0.4 is 10.2 Å². The molecule has 8 nitrogen and oxygen atoms in total. The molecule has 390 valence electrons. The number of quaternary nitrogens is 1. The van der Waals surface area contributed by atoms with Crippen LogP contribution in [0.3, 0.4) is 0 Å². The third-order valence-electron chi connectivity index (χ3n) is 11.5. The molecule has 2 N–H and O–H groups in total. The van der Waals surface area contributed by atoms with Crippen LogP contribution >= 0.6 is 7.82 Å². The second kappa shape index (κ2) is 49.2. The average Bonchev–Trinajstić information content (AvgIpc) is 3.30. The molecule has 0 aromatic heterocycles. The van der Waals surface area contributed by atoms with E-state index in [2.05, 4.69) is 116 Å². The molecule has 0 aliphatic carbocycles. The van der Waals surface area contributed by atoms with Crippen LogP contribution in [0.15, 0.2) is 109 Å². The Morgan fingerprint density at radius 2 is 0.912 bits per heavy atom. The maximum atomic E-state index is 12.9. The normalized spacial score (nSPS) is 14.9. The highest BCUT2D eigenvalue weighted by Crippen LogP contribution is 2.38. The van der Waals surface area contributed by atoms with Crippen LogP contribution in [0.1, 0.15) is 206 Å². The molecule has 0 saturated heterocycles. The number of allylic oxidation sites excluding steroid dienone is 17. The molecule has 0 spiro atoms. The lowest BCUT2D eigenvalue weighted by Gasteiger charge is -2.29. The van der Waals surface area contributed by atoms with Crippen molar-refractivity contribution >= 4 is 13.7 Å². The monoisotopic (exact) mass is 967 g/mol. The molecule has 0 heterocycles. The molecule has 0 aromatic rings. The zero-order valence-electron chi connectivity index (χ0n) is 44.3. The van der Waals surface area contributed by atoms with E-state index >= 15 is 0 Å². The molecule has 0 aliphatic heterocycles. The lowest BCUT2D eigenvalue weighted by Crippen LogP contribution is -2.45. The minimum atomic E-state index is -4.61. The van der Waals surface area contributed by atoms with Crippen molar-refractivity contribution in [3.63, 3.8) is 0 Å². The van der Waals surface area contributed by atoms with E-state index < -0.39 is 26.6 Å². The zero-order valence-corrected chi connectivity index (χ0v) is 45.2. The maximum Gasteiger partial charge on any atom is 0.268 e. The number of unbranched alkanes of at least 4 members (excludes halogenated alkanes) is 19. The van der Waals surface area contributed by atoms with Gasteiger partial charge in [0.25, 0.3) is 7.82 Å². The van der Waals surface area contributed by atoms with E-state index in [0.29, 0.717) is 17.4 Å². The van der Waals surface area contributed by atoms with Crippen LogP contribution in [0.5, 0.6) is 0 Å². The van der Waals surface area contributed by atoms with E-state index in [0.717, 1.165) is 96.3 Å². The number of likely N-dealkylation sites (N-methyl/N-ethyl adjacent to an activating group) is 1. The standard InChI is InChI=1S/C59H103N2O6P/c1-6-8-10-12-14-16-18-20-22-24-25-26-27-28-29-30-31-32-33-34-35-37-39-41-43-45-47-49-51-53-59(63)60-57(56-67-68(64,65)66-55-54-61(3,4)5)58(62)52-50-48-46-44-42-40-38-36-23-21-19-17-15-13-11-9-7-2/h8,10,14,16,20,22,25-26,28-29,31-32,34-35,42,44,50,52,57-58,62H,6-7,9,11-13,15,17-19,21,23-24,27,30,33,36-41,43,45-49,51,53-56H2,1-5H3,(H-,60,63,64,65)/b10-8-,16-14-,22-20-,26-25-,29-28-,32-31-,35-34-,44-42+,52-50+. The van der Waals surface area contributed by atoms with E-state index in [9.17, 15) is 19.4 Å². The molecule has 3 unspecified atom stereocenters. The maximum absolute atomic E-state index is 12.9. The first-order chi connectivity index (χ1) is 33.0. The largest absolute Gasteiger partial charge is 0.756 e. The molecule has 3 atom stereocenters. The average molecular weight is 967 g/mol. The fraction of sp³-hybridized carbons (Fsp3) is 0.678. The van der Waals surface area contributed by atoms with Crippen molar-refractivity contribution in [1.29, 1.82) is 0 Å². The summed E-state index contributed by atoms with van der Waals surface area (Å²) in [5, 5.41) is 13.8. The number of aliphatic hydroxyl groups is 1. The molecule has 1 amide bonds. The number of rotatable bonds is 48. The van der Waals surface area contributed by atoms with Crippen molar-refractivity contribution < 1.29 is 32.9 Å². The van der Waals surface area contributed by atoms with E-state index in [1.165, 1.54) is 89.9 Å². The van der Waals surface area contributed by atoms with Crippen molar-refractivity contribution in [2.24, 2.45) is 0 Å². The Kier molecular flexibility index (Phi) is 47.1. The molecular weight excluding hydrogens is 864 g/mol. The summed E-state index contributed by atoms with van der Waals surface area (Å²) in [6, 6.07) is -0.917. The highest BCUT2D eigenvalue weighted by molar-refractivity contribution is 7.45. The second-order valence-corrected chi connectivity index (χ2v) is 20.6. The first-order valence-corrected chi connectivity index (χ1v) is 28.7. The molecule has 68 heavy (non-hydrogen) atoms. The van der Waals surface area contributed by atoms with Gasteiger partial charge in [0.05, 0.1) is 39.9 Å². The lowest BCUT2D eigenvalue weighted by atomic mass is 10.1. The highest BCUT2D eigenvalue weighted by Gasteiger charge is 2.23. The second-order valence-electron chi connectivity index (χ2n) is 19.2. The Morgan fingerprint density at radius 1 is 0.529 bits per heavy atom. The summed E-state index contributed by atoms with van der Waals surface area (Å²) < 4.78 is 23.3. The number of nitrogens with zero attached hydrogens (tertiary/aromatic N) is 1. The predicted octanol–water partition coefficient (Wildman–Crippen LogP) is 15.8. The van der Waals surface area contributed by atoms with Crippen LogP contribution in [0, 0.1) is 0 Å². The summed E-state index contributed by atoms with van der Waals surface area (Å²) in [6.07, 6.45) is 71.5. The lowest BCUT2D eigenvalue weighted by molar-refractivity contribution is -0.870. The SMILES string of the molecule is CC/C=C\C/C=C\C/C=C\C/C=C\C/C=C\C/C=C\C/C=C\CCCCCCCCCC(=O)NC(COP(=O)([O-])OCC[N+](C)(C)C)C(O)/C=C/CC/C=C/CCCCCCCCCCCCC. The number of carbonyl (C=O) groups is 1. The molecule has 0 bridgehead atoms. The van der Waals surface area contributed by atoms with Gasteiger partial charge in [0.2, 0.25) is 5.91 Å². The molecule has 0 aromatic carbocycles. The van der Waals surface area contributed by atoms with Crippen LogP contribution in [0.4, 0.5) is 0 Å². The van der Waals surface area contributed by atoms with Gasteiger partial charge in [-0.05, 0) is 89.9 Å². The highest BCUT2D eigenvalue weighted by atomic mass is 31.2. The molecular formula is C59H103N2O6P. The van der Waals surface area contributed by atoms with E-state index in [4.69, 9.17) is 9.05 Å². The number of aliphatic hydroxyl groups excluding tert-OH is 1. The third kappa shape index (κ3) is 51.0. The number of nitrogens with one attached hydrogen (secondary N) is 1. The van der Waals surface area contributed by atoms with Gasteiger partial charge >= 0.3 is 0 Å². The zero-order chi connectivity index (χ0) is 49.9. The Morgan fingerprint density at radius 3 is 1.37 bits per heavy atom. The Bertz CT molecular complexity index is 1470. The Labute approximate surface area is 419 Å². The van der Waals surface area contributed by atoms with Gasteiger partial charge in [0.1, 0.15) is 13.2 Å². The number of amides is 1. The van der Waals surface area contributed by atoms with Gasteiger partial charge in [0, 0.05) is 6.42 Å². The summed E-state index contributed by atoms with van der Waals surface area (Å²) in [7, 11) is 1.22. The predicted molar refractivity (Wildman–Crippen MR) is 292 cm³/mol. The number of carbonyl (C=O) groups excluding carboxylic acids is 1. The van der Waals surface area contributed by atoms with Crippen molar-refractivity contribution in [3.05, 3.63) is 109 Å². The third-order valence-corrected chi connectivity index (χ3v) is 12.4. The van der Waals surface area contributed by atoms with Gasteiger partial charge in [-0.15, -0.1) is 0 Å². The molecule has 0 radical (unpaired) electrons. The van der Waals surface area contributed by atoms with E-state index in [1.54, 1.807) is 6.08 Å². The topological polar surface area (TPSA) is 108 Å². The van der Waals surface area contributed by atoms with Gasteiger partial charge in [0.15, 0.2) is 0 Å². The molecule has 0 rings (SSSR count). The molecule has 0 aliphatic rings. The first-order valence-electron chi connectivity index (χ1n) is 27.2. The van der Waals surface area contributed by atoms with Crippen molar-refractivity contribution in [2.75, 3.05) is 40.9 Å². The first kappa shape index (κ1) is 65.2. The van der Waals surface area contributed by atoms with Crippen LogP contribution in [-0.4, -0.2) is 68.5 Å². The summed E-state index contributed by atoms with van der Waals surface area (Å²) >= 11 is 0. The minimum absolute atomic E-state index is 0.0146. The number of phosphoric ester groups is 1. The van der Waals surface area contributed by atoms with Gasteiger partial charge in [-0.1, -0.05) is 220 Å². The van der Waals surface area contributed by atoms with Crippen LogP contribution in [0.2, 0.25) is 0 Å². The number of phosphoric acid groups is 1. The smallest absolute Gasteiger partial charge is 0.268 e. The van der Waals surface area contributed by atoms with Crippen LogP contribution in [0.25, 0.3) is 0 Å². The summed E-state index contributed by atoms with van der Waals surface area (Å²) in [4.78, 5) is 25.5. The fourth-order valence-electron chi connectivity index (χ4n) is 7.21. The Balaban J connectivity index is 4.33. The fourth-order valence-corrected chi connectivity index (χ4v) is 7.93. The number of hydrogen-bond donors (Lipinski definition) is 2. The van der Waals surface area contributed by atoms with Crippen molar-refractivity contribution in [1.82, 2.24) is 5.32 Å². The van der Waals surface area contributed by atoms with Gasteiger partial charge in [-0.2, -0.15) is 0 Å². The summed E-state index contributed by atoms with van der Waals surface area (Å²) in [6.45, 7) is 4.49. The Hall–Kier alpha value is -2.84. The summed E-state index contributed by atoms with van der Waals surface area (Å²) in [5.74, 6) is -0.223. The molecule has 0 fully saturated rings. The van der Waals surface area contributed by atoms with E-state index in [-0.39, 0.29) is 12.5 Å². The van der Waals surface area contributed by atoms with Gasteiger partial charge in [-0.3, -0.25) is 9.36 Å². The summed E-state index contributed by atoms with van der Waals surface area (Å²) in [5.41, 5.74) is 0. The van der Waals surface area contributed by atoms with Crippen LogP contribution in [-0.2, 0) is 18.4 Å². The minimum Gasteiger partial charge on any atom is -0.756 e.